The molecule has 1 unspecified atom stereocenters. The smallest absolute Gasteiger partial charge is 0.307 e. The van der Waals surface area contributed by atoms with Crippen molar-refractivity contribution in [1.29, 1.82) is 0 Å². The highest BCUT2D eigenvalue weighted by molar-refractivity contribution is 5.77. The first-order valence-electron chi connectivity index (χ1n) is 7.60. The highest BCUT2D eigenvalue weighted by Gasteiger charge is 2.17. The lowest BCUT2D eigenvalue weighted by molar-refractivity contribution is -0.141. The number of nitrogens with zero attached hydrogens (tertiary/aromatic N) is 1. The van der Waals surface area contributed by atoms with Crippen LogP contribution in [0.3, 0.4) is 0 Å². The molecule has 0 fully saturated rings. The molecule has 2 rings (SSSR count). The van der Waals surface area contributed by atoms with Crippen molar-refractivity contribution in [1.82, 2.24) is 4.90 Å². The molecule has 5 nitrogen and oxygen atoms in total. The van der Waals surface area contributed by atoms with E-state index in [0.717, 1.165) is 16.7 Å². The SMILES string of the molecule is CCOCCN(Cc1cc2ccccc2o1)CC(C)C(=O)O. The van der Waals surface area contributed by atoms with Crippen molar-refractivity contribution in [3.05, 3.63) is 36.1 Å². The lowest BCUT2D eigenvalue weighted by atomic mass is 10.1. The van der Waals surface area contributed by atoms with Crippen LogP contribution in [0.25, 0.3) is 11.0 Å². The molecule has 0 saturated heterocycles. The molecule has 0 radical (unpaired) electrons. The Morgan fingerprint density at radius 3 is 2.86 bits per heavy atom. The summed E-state index contributed by atoms with van der Waals surface area (Å²) >= 11 is 0. The molecule has 0 aliphatic heterocycles. The molecule has 0 aliphatic carbocycles. The minimum absolute atomic E-state index is 0.425. The Hall–Kier alpha value is -1.85. The summed E-state index contributed by atoms with van der Waals surface area (Å²) < 4.78 is 11.2. The van der Waals surface area contributed by atoms with Gasteiger partial charge in [0.25, 0.3) is 0 Å². The summed E-state index contributed by atoms with van der Waals surface area (Å²) in [5.41, 5.74) is 0.855. The van der Waals surface area contributed by atoms with Crippen LogP contribution in [-0.4, -0.2) is 42.3 Å². The average molecular weight is 305 g/mol. The lowest BCUT2D eigenvalue weighted by Gasteiger charge is -2.23. The number of hydrogen-bond donors (Lipinski definition) is 1. The van der Waals surface area contributed by atoms with Crippen molar-refractivity contribution in [3.8, 4) is 0 Å². The Morgan fingerprint density at radius 2 is 2.18 bits per heavy atom. The second kappa shape index (κ2) is 7.96. The number of para-hydroxylation sites is 1. The van der Waals surface area contributed by atoms with Gasteiger partial charge < -0.3 is 14.3 Å². The van der Waals surface area contributed by atoms with E-state index < -0.39 is 11.9 Å². The van der Waals surface area contributed by atoms with Crippen molar-refractivity contribution in [3.63, 3.8) is 0 Å². The van der Waals surface area contributed by atoms with E-state index in [1.54, 1.807) is 6.92 Å². The van der Waals surface area contributed by atoms with Crippen molar-refractivity contribution < 1.29 is 19.1 Å². The van der Waals surface area contributed by atoms with Crippen molar-refractivity contribution >= 4 is 16.9 Å². The van der Waals surface area contributed by atoms with Crippen LogP contribution >= 0.6 is 0 Å². The Labute approximate surface area is 130 Å². The third kappa shape index (κ3) is 4.58. The first-order chi connectivity index (χ1) is 10.6. The number of benzene rings is 1. The molecule has 1 aromatic carbocycles. The quantitative estimate of drug-likeness (QED) is 0.722. The first kappa shape index (κ1) is 16.5. The van der Waals surface area contributed by atoms with Gasteiger partial charge in [0.05, 0.1) is 19.1 Å². The molecule has 5 heteroatoms. The van der Waals surface area contributed by atoms with E-state index in [-0.39, 0.29) is 0 Å². The molecule has 0 amide bonds. The Kier molecular flexibility index (Phi) is 5.98. The fourth-order valence-corrected chi connectivity index (χ4v) is 2.37. The van der Waals surface area contributed by atoms with Crippen LogP contribution in [0, 0.1) is 5.92 Å². The number of furan rings is 1. The number of carboxylic acid groups (broad SMARTS) is 1. The molecule has 2 aromatic rings. The van der Waals surface area contributed by atoms with E-state index in [2.05, 4.69) is 4.90 Å². The average Bonchev–Trinajstić information content (AvgIpc) is 2.89. The Morgan fingerprint density at radius 1 is 1.41 bits per heavy atom. The maximum Gasteiger partial charge on any atom is 0.307 e. The van der Waals surface area contributed by atoms with Crippen LogP contribution in [0.5, 0.6) is 0 Å². The highest BCUT2D eigenvalue weighted by atomic mass is 16.5. The van der Waals surface area contributed by atoms with Crippen LogP contribution in [0.15, 0.2) is 34.7 Å². The second-order valence-corrected chi connectivity index (χ2v) is 5.42. The van der Waals surface area contributed by atoms with Crippen molar-refractivity contribution in [2.24, 2.45) is 5.92 Å². The highest BCUT2D eigenvalue weighted by Crippen LogP contribution is 2.20. The fourth-order valence-electron chi connectivity index (χ4n) is 2.37. The van der Waals surface area contributed by atoms with Crippen LogP contribution < -0.4 is 0 Å². The summed E-state index contributed by atoms with van der Waals surface area (Å²) in [6, 6.07) is 9.86. The Balaban J connectivity index is 2.04. The van der Waals surface area contributed by atoms with Gasteiger partial charge in [-0.2, -0.15) is 0 Å². The van der Waals surface area contributed by atoms with Crippen LogP contribution in [-0.2, 0) is 16.1 Å². The number of carbonyl (C=O) groups is 1. The number of hydrogen-bond acceptors (Lipinski definition) is 4. The van der Waals surface area contributed by atoms with E-state index in [4.69, 9.17) is 14.3 Å². The number of carboxylic acids is 1. The molecule has 1 N–H and O–H groups in total. The number of fused-ring (bicyclic) bond motifs is 1. The maximum absolute atomic E-state index is 11.1. The van der Waals surface area contributed by atoms with E-state index in [0.29, 0.717) is 32.8 Å². The molecular weight excluding hydrogens is 282 g/mol. The summed E-state index contributed by atoms with van der Waals surface area (Å²) in [5.74, 6) is -0.368. The topological polar surface area (TPSA) is 62.9 Å². The summed E-state index contributed by atoms with van der Waals surface area (Å²) in [4.78, 5) is 13.1. The van der Waals surface area contributed by atoms with Crippen molar-refractivity contribution in [2.75, 3.05) is 26.3 Å². The van der Waals surface area contributed by atoms with Gasteiger partial charge in [0.2, 0.25) is 0 Å². The van der Waals surface area contributed by atoms with Gasteiger partial charge >= 0.3 is 5.97 Å². The van der Waals surface area contributed by atoms with Crippen LogP contribution in [0.4, 0.5) is 0 Å². The summed E-state index contributed by atoms with van der Waals surface area (Å²) in [6.45, 7) is 6.65. The summed E-state index contributed by atoms with van der Waals surface area (Å²) in [5, 5.41) is 10.2. The van der Waals surface area contributed by atoms with E-state index in [9.17, 15) is 4.79 Å². The zero-order chi connectivity index (χ0) is 15.9. The molecule has 1 aromatic heterocycles. The largest absolute Gasteiger partial charge is 0.481 e. The molecule has 22 heavy (non-hydrogen) atoms. The van der Waals surface area contributed by atoms with Gasteiger partial charge in [-0.05, 0) is 19.1 Å². The van der Waals surface area contributed by atoms with Gasteiger partial charge in [-0.25, -0.2) is 0 Å². The zero-order valence-corrected chi connectivity index (χ0v) is 13.1. The fraction of sp³-hybridized carbons (Fsp3) is 0.471. The maximum atomic E-state index is 11.1. The zero-order valence-electron chi connectivity index (χ0n) is 13.1. The summed E-state index contributed by atoms with van der Waals surface area (Å²) in [7, 11) is 0. The van der Waals surface area contributed by atoms with E-state index >= 15 is 0 Å². The molecule has 1 atom stereocenters. The third-order valence-corrected chi connectivity index (χ3v) is 3.57. The monoisotopic (exact) mass is 305 g/mol. The normalized spacial score (nSPS) is 12.9. The predicted molar refractivity (Wildman–Crippen MR) is 84.8 cm³/mol. The number of aliphatic carboxylic acids is 1. The molecule has 0 spiro atoms. The van der Waals surface area contributed by atoms with Crippen LogP contribution in [0.1, 0.15) is 19.6 Å². The third-order valence-electron chi connectivity index (χ3n) is 3.57. The van der Waals surface area contributed by atoms with E-state index in [1.165, 1.54) is 0 Å². The number of ether oxygens (including phenoxy) is 1. The second-order valence-electron chi connectivity index (χ2n) is 5.42. The van der Waals surface area contributed by atoms with Crippen LogP contribution in [0.2, 0.25) is 0 Å². The predicted octanol–water partition coefficient (Wildman–Crippen LogP) is 2.99. The van der Waals surface area contributed by atoms with Gasteiger partial charge in [0.15, 0.2) is 0 Å². The van der Waals surface area contributed by atoms with Gasteiger partial charge in [-0.1, -0.05) is 25.1 Å². The van der Waals surface area contributed by atoms with Gasteiger partial charge in [0, 0.05) is 25.1 Å². The van der Waals surface area contributed by atoms with Gasteiger partial charge in [0.1, 0.15) is 11.3 Å². The first-order valence-corrected chi connectivity index (χ1v) is 7.60. The molecule has 0 bridgehead atoms. The molecular formula is C17H23NO4. The standard InChI is InChI=1S/C17H23NO4/c1-3-21-9-8-18(11-13(2)17(19)20)12-15-10-14-6-4-5-7-16(14)22-15/h4-7,10,13H,3,8-9,11-12H2,1-2H3,(H,19,20). The lowest BCUT2D eigenvalue weighted by Crippen LogP contribution is -2.34. The molecule has 0 aliphatic rings. The molecule has 120 valence electrons. The van der Waals surface area contributed by atoms with Gasteiger partial charge in [-0.15, -0.1) is 0 Å². The number of rotatable bonds is 9. The van der Waals surface area contributed by atoms with Crippen molar-refractivity contribution in [2.45, 2.75) is 20.4 Å². The van der Waals surface area contributed by atoms with Gasteiger partial charge in [-0.3, -0.25) is 9.69 Å². The summed E-state index contributed by atoms with van der Waals surface area (Å²) in [6.07, 6.45) is 0. The molecule has 0 saturated carbocycles. The minimum atomic E-state index is -0.786. The molecule has 1 heterocycles. The minimum Gasteiger partial charge on any atom is -0.481 e. The Bertz CT molecular complexity index is 574. The van der Waals surface area contributed by atoms with E-state index in [1.807, 2.05) is 37.3 Å².